The second kappa shape index (κ2) is 6.09. The summed E-state index contributed by atoms with van der Waals surface area (Å²) >= 11 is 1.69. The number of nitrogens with two attached hydrogens (primary N) is 1. The Bertz CT molecular complexity index is 861. The molecule has 110 valence electrons. The normalized spacial score (nSPS) is 12.2. The van der Waals surface area contributed by atoms with Crippen molar-refractivity contribution in [2.75, 3.05) is 0 Å². The molecular weight excluding hydrogens is 310 g/mol. The van der Waals surface area contributed by atoms with Crippen LogP contribution in [-0.4, -0.2) is 0 Å². The van der Waals surface area contributed by atoms with Crippen LogP contribution < -0.4 is 5.73 Å². The quantitative estimate of drug-likeness (QED) is 0.482. The zero-order chi connectivity index (χ0) is 14.2. The maximum Gasteiger partial charge on any atom is 0.0572 e. The summed E-state index contributed by atoms with van der Waals surface area (Å²) in [5.74, 6) is 0. The molecule has 0 unspecified atom stereocenters. The molecule has 1 heterocycles. The smallest absolute Gasteiger partial charge is 0.0572 e. The summed E-state index contributed by atoms with van der Waals surface area (Å²) in [6.07, 6.45) is 0. The molecule has 0 radical (unpaired) electrons. The SMILES string of the molecule is Cl.N[C@H](c1ccsc1)c1c2ccccc2cc2ccccc12. The van der Waals surface area contributed by atoms with Gasteiger partial charge in [-0.25, -0.2) is 0 Å². The Morgan fingerprint density at radius 3 is 1.95 bits per heavy atom. The molecule has 0 saturated carbocycles. The van der Waals surface area contributed by atoms with Crippen molar-refractivity contribution < 1.29 is 0 Å². The second-order valence-corrected chi connectivity index (χ2v) is 6.05. The van der Waals surface area contributed by atoms with Gasteiger partial charge in [0, 0.05) is 0 Å². The fourth-order valence-corrected chi connectivity index (χ4v) is 3.70. The molecular formula is C19H16ClNS. The lowest BCUT2D eigenvalue weighted by Crippen LogP contribution is -2.12. The molecule has 0 amide bonds. The van der Waals surface area contributed by atoms with E-state index in [1.165, 1.54) is 32.7 Å². The van der Waals surface area contributed by atoms with E-state index in [9.17, 15) is 0 Å². The van der Waals surface area contributed by atoms with Crippen molar-refractivity contribution in [3.8, 4) is 0 Å². The number of hydrogen-bond acceptors (Lipinski definition) is 2. The minimum atomic E-state index is -0.0905. The minimum absolute atomic E-state index is 0. The molecule has 1 atom stereocenters. The number of halogens is 1. The lowest BCUT2D eigenvalue weighted by molar-refractivity contribution is 0.895. The molecule has 0 aliphatic carbocycles. The zero-order valence-electron chi connectivity index (χ0n) is 11.9. The van der Waals surface area contributed by atoms with Crippen LogP contribution in [0.25, 0.3) is 21.5 Å². The lowest BCUT2D eigenvalue weighted by Gasteiger charge is -2.17. The van der Waals surface area contributed by atoms with Gasteiger partial charge in [0.05, 0.1) is 6.04 Å². The maximum absolute atomic E-state index is 6.60. The molecule has 0 spiro atoms. The third kappa shape index (κ3) is 2.40. The van der Waals surface area contributed by atoms with Gasteiger partial charge in [0.2, 0.25) is 0 Å². The Hall–Kier alpha value is -1.87. The van der Waals surface area contributed by atoms with E-state index in [1.807, 2.05) is 0 Å². The van der Waals surface area contributed by atoms with Gasteiger partial charge in [-0.05, 0) is 55.6 Å². The first-order chi connectivity index (χ1) is 10.3. The van der Waals surface area contributed by atoms with Crippen LogP contribution in [0.1, 0.15) is 17.2 Å². The van der Waals surface area contributed by atoms with Crippen molar-refractivity contribution in [3.05, 3.63) is 82.6 Å². The highest BCUT2D eigenvalue weighted by atomic mass is 35.5. The molecule has 1 aromatic heterocycles. The predicted octanol–water partition coefficient (Wildman–Crippen LogP) is 5.52. The molecule has 0 fully saturated rings. The summed E-state index contributed by atoms with van der Waals surface area (Å²) in [6.45, 7) is 0. The molecule has 22 heavy (non-hydrogen) atoms. The van der Waals surface area contributed by atoms with Crippen LogP contribution >= 0.6 is 23.7 Å². The lowest BCUT2D eigenvalue weighted by atomic mass is 9.90. The van der Waals surface area contributed by atoms with Crippen molar-refractivity contribution in [2.45, 2.75) is 6.04 Å². The summed E-state index contributed by atoms with van der Waals surface area (Å²) in [4.78, 5) is 0. The Morgan fingerprint density at radius 1 is 0.818 bits per heavy atom. The molecule has 0 saturated heterocycles. The number of rotatable bonds is 2. The van der Waals surface area contributed by atoms with Crippen LogP contribution in [-0.2, 0) is 0 Å². The average molecular weight is 326 g/mol. The first kappa shape index (κ1) is 15.0. The molecule has 3 heteroatoms. The number of hydrogen-bond donors (Lipinski definition) is 1. The second-order valence-electron chi connectivity index (χ2n) is 5.27. The number of benzene rings is 3. The van der Waals surface area contributed by atoms with Gasteiger partial charge in [0.25, 0.3) is 0 Å². The predicted molar refractivity (Wildman–Crippen MR) is 99.1 cm³/mol. The molecule has 0 aliphatic rings. The third-order valence-corrected chi connectivity index (χ3v) is 4.73. The van der Waals surface area contributed by atoms with Gasteiger partial charge >= 0.3 is 0 Å². The van der Waals surface area contributed by atoms with E-state index in [4.69, 9.17) is 5.73 Å². The van der Waals surface area contributed by atoms with Crippen LogP contribution in [0.2, 0.25) is 0 Å². The van der Waals surface area contributed by atoms with E-state index in [2.05, 4.69) is 71.4 Å². The topological polar surface area (TPSA) is 26.0 Å². The highest BCUT2D eigenvalue weighted by Gasteiger charge is 2.16. The number of fused-ring (bicyclic) bond motifs is 2. The summed E-state index contributed by atoms with van der Waals surface area (Å²) in [5.41, 5.74) is 9.01. The van der Waals surface area contributed by atoms with E-state index in [-0.39, 0.29) is 18.4 Å². The highest BCUT2D eigenvalue weighted by Crippen LogP contribution is 2.35. The first-order valence-corrected chi connectivity index (χ1v) is 7.97. The molecule has 2 N–H and O–H groups in total. The standard InChI is InChI=1S/C19H15NS.ClH/c20-19(15-9-10-21-12-15)18-16-7-3-1-5-13(16)11-14-6-2-4-8-17(14)18;/h1-12,19H,20H2;1H/t19-;/m1./s1. The van der Waals surface area contributed by atoms with Gasteiger partial charge in [-0.3, -0.25) is 0 Å². The molecule has 3 aromatic carbocycles. The Kier molecular flexibility index (Phi) is 4.16. The monoisotopic (exact) mass is 325 g/mol. The molecule has 0 bridgehead atoms. The largest absolute Gasteiger partial charge is 0.320 e. The Balaban J connectivity index is 0.00000144. The highest BCUT2D eigenvalue weighted by molar-refractivity contribution is 7.08. The summed E-state index contributed by atoms with van der Waals surface area (Å²) < 4.78 is 0. The van der Waals surface area contributed by atoms with Crippen molar-refractivity contribution in [1.29, 1.82) is 0 Å². The minimum Gasteiger partial charge on any atom is -0.320 e. The van der Waals surface area contributed by atoms with Gasteiger partial charge in [-0.2, -0.15) is 11.3 Å². The molecule has 4 rings (SSSR count). The van der Waals surface area contributed by atoms with Gasteiger partial charge in [0.1, 0.15) is 0 Å². The van der Waals surface area contributed by atoms with E-state index in [1.54, 1.807) is 11.3 Å². The molecule has 4 aromatic rings. The summed E-state index contributed by atoms with van der Waals surface area (Å²) in [7, 11) is 0. The van der Waals surface area contributed by atoms with Gasteiger partial charge in [-0.15, -0.1) is 12.4 Å². The van der Waals surface area contributed by atoms with Gasteiger partial charge < -0.3 is 5.73 Å². The van der Waals surface area contributed by atoms with E-state index in [0.29, 0.717) is 0 Å². The van der Waals surface area contributed by atoms with E-state index < -0.39 is 0 Å². The van der Waals surface area contributed by atoms with Crippen LogP contribution in [0, 0.1) is 0 Å². The van der Waals surface area contributed by atoms with Crippen molar-refractivity contribution in [3.63, 3.8) is 0 Å². The van der Waals surface area contributed by atoms with Crippen molar-refractivity contribution >= 4 is 45.3 Å². The van der Waals surface area contributed by atoms with Crippen LogP contribution in [0.5, 0.6) is 0 Å². The van der Waals surface area contributed by atoms with Crippen molar-refractivity contribution in [1.82, 2.24) is 0 Å². The molecule has 0 aliphatic heterocycles. The van der Waals surface area contributed by atoms with Gasteiger partial charge in [0.15, 0.2) is 0 Å². The zero-order valence-corrected chi connectivity index (χ0v) is 13.5. The van der Waals surface area contributed by atoms with E-state index in [0.717, 1.165) is 0 Å². The van der Waals surface area contributed by atoms with Crippen molar-refractivity contribution in [2.24, 2.45) is 5.73 Å². The van der Waals surface area contributed by atoms with Crippen LogP contribution in [0.15, 0.2) is 71.4 Å². The number of thiophene rings is 1. The maximum atomic E-state index is 6.60. The first-order valence-electron chi connectivity index (χ1n) is 7.02. The fraction of sp³-hybridized carbons (Fsp3) is 0.0526. The van der Waals surface area contributed by atoms with Crippen LogP contribution in [0.3, 0.4) is 0 Å². The summed E-state index contributed by atoms with van der Waals surface area (Å²) in [5, 5.41) is 9.21. The van der Waals surface area contributed by atoms with Crippen LogP contribution in [0.4, 0.5) is 0 Å². The Labute approximate surface area is 139 Å². The Morgan fingerprint density at radius 2 is 1.41 bits per heavy atom. The summed E-state index contributed by atoms with van der Waals surface area (Å²) in [6, 6.07) is 21.3. The van der Waals surface area contributed by atoms with E-state index >= 15 is 0 Å². The molecule has 1 nitrogen and oxygen atoms in total. The van der Waals surface area contributed by atoms with Gasteiger partial charge in [-0.1, -0.05) is 48.5 Å². The fourth-order valence-electron chi connectivity index (χ4n) is 3.00. The average Bonchev–Trinajstić information content (AvgIpc) is 3.06. The third-order valence-electron chi connectivity index (χ3n) is 4.03.